The van der Waals surface area contributed by atoms with E-state index in [1.165, 1.54) is 24.3 Å². The summed E-state index contributed by atoms with van der Waals surface area (Å²) in [7, 11) is 0. The van der Waals surface area contributed by atoms with Gasteiger partial charge in [0.15, 0.2) is 0 Å². The van der Waals surface area contributed by atoms with Crippen molar-refractivity contribution in [3.63, 3.8) is 0 Å². The Balaban J connectivity index is 1.60. The predicted molar refractivity (Wildman–Crippen MR) is 98.3 cm³/mol. The maximum Gasteiger partial charge on any atom is 0.333 e. The summed E-state index contributed by atoms with van der Waals surface area (Å²) in [6.07, 6.45) is 0.00711. The first-order valence-electron chi connectivity index (χ1n) is 8.36. The van der Waals surface area contributed by atoms with Crippen molar-refractivity contribution < 1.29 is 18.8 Å². The van der Waals surface area contributed by atoms with Crippen LogP contribution in [0.3, 0.4) is 0 Å². The van der Waals surface area contributed by atoms with Gasteiger partial charge >= 0.3 is 6.03 Å². The molecular formula is C19H21FN4O3. The number of amides is 4. The fourth-order valence-corrected chi connectivity index (χ4v) is 2.16. The number of halogens is 1. The average Bonchev–Trinajstić information content (AvgIpc) is 2.66. The normalized spacial score (nSPS) is 10.0. The second-order valence-corrected chi connectivity index (χ2v) is 5.85. The summed E-state index contributed by atoms with van der Waals surface area (Å²) in [5.41, 5.74) is 6.67. The molecule has 0 saturated carbocycles. The van der Waals surface area contributed by atoms with Gasteiger partial charge in [-0.1, -0.05) is 29.8 Å². The molecule has 2 aromatic carbocycles. The van der Waals surface area contributed by atoms with Gasteiger partial charge in [-0.2, -0.15) is 0 Å². The number of carbonyl (C=O) groups excluding carboxylic acids is 3. The summed E-state index contributed by atoms with van der Waals surface area (Å²) >= 11 is 0. The Morgan fingerprint density at radius 3 is 2.15 bits per heavy atom. The standard InChI is InChI=1S/C19H21FN4O3/c1-13-2-6-15(7-3-13)18(26)21-10-11-22-19(27)24-23-17(25)12-14-4-8-16(20)9-5-14/h2-9H,10-12H2,1H3,(H,21,26)(H,23,25)(H2,22,24,27). The molecule has 0 fully saturated rings. The number of hydrazine groups is 1. The van der Waals surface area contributed by atoms with Crippen LogP contribution in [-0.4, -0.2) is 30.9 Å². The van der Waals surface area contributed by atoms with Crippen molar-refractivity contribution in [3.8, 4) is 0 Å². The highest BCUT2D eigenvalue weighted by Crippen LogP contribution is 2.03. The zero-order valence-corrected chi connectivity index (χ0v) is 14.8. The molecule has 142 valence electrons. The predicted octanol–water partition coefficient (Wildman–Crippen LogP) is 1.44. The molecule has 7 nitrogen and oxygen atoms in total. The molecule has 4 N–H and O–H groups in total. The number of hydrogen-bond donors (Lipinski definition) is 4. The van der Waals surface area contributed by atoms with Gasteiger partial charge in [0.2, 0.25) is 5.91 Å². The van der Waals surface area contributed by atoms with Crippen molar-refractivity contribution in [2.24, 2.45) is 0 Å². The first-order valence-corrected chi connectivity index (χ1v) is 8.36. The molecule has 0 aromatic heterocycles. The number of nitrogens with one attached hydrogen (secondary N) is 4. The number of rotatable bonds is 6. The van der Waals surface area contributed by atoms with Crippen LogP contribution in [0.1, 0.15) is 21.5 Å². The lowest BCUT2D eigenvalue weighted by Gasteiger charge is -2.10. The monoisotopic (exact) mass is 372 g/mol. The summed E-state index contributed by atoms with van der Waals surface area (Å²) in [6, 6.07) is 12.0. The van der Waals surface area contributed by atoms with Crippen LogP contribution >= 0.6 is 0 Å². The van der Waals surface area contributed by atoms with Gasteiger partial charge in [-0.05, 0) is 36.8 Å². The second kappa shape index (κ2) is 9.91. The van der Waals surface area contributed by atoms with E-state index in [0.29, 0.717) is 11.1 Å². The Bertz CT molecular complexity index is 792. The van der Waals surface area contributed by atoms with E-state index in [-0.39, 0.29) is 31.2 Å². The summed E-state index contributed by atoms with van der Waals surface area (Å²) in [5, 5.41) is 5.17. The van der Waals surface area contributed by atoms with Gasteiger partial charge in [-0.15, -0.1) is 0 Å². The van der Waals surface area contributed by atoms with Gasteiger partial charge < -0.3 is 10.6 Å². The van der Waals surface area contributed by atoms with Crippen LogP contribution < -0.4 is 21.5 Å². The van der Waals surface area contributed by atoms with Crippen molar-refractivity contribution in [3.05, 3.63) is 71.0 Å². The molecule has 0 radical (unpaired) electrons. The Morgan fingerprint density at radius 1 is 0.852 bits per heavy atom. The van der Waals surface area contributed by atoms with E-state index in [1.807, 2.05) is 19.1 Å². The summed E-state index contributed by atoms with van der Waals surface area (Å²) < 4.78 is 12.8. The molecule has 0 aliphatic rings. The molecule has 27 heavy (non-hydrogen) atoms. The van der Waals surface area contributed by atoms with E-state index in [0.717, 1.165) is 5.56 Å². The van der Waals surface area contributed by atoms with Crippen LogP contribution in [0.25, 0.3) is 0 Å². The fraction of sp³-hybridized carbons (Fsp3) is 0.211. The lowest BCUT2D eigenvalue weighted by atomic mass is 10.1. The summed E-state index contributed by atoms with van der Waals surface area (Å²) in [5.74, 6) is -1.06. The van der Waals surface area contributed by atoms with Crippen molar-refractivity contribution in [1.82, 2.24) is 21.5 Å². The van der Waals surface area contributed by atoms with E-state index in [4.69, 9.17) is 0 Å². The minimum atomic E-state index is -0.605. The molecule has 0 aliphatic heterocycles. The molecule has 8 heteroatoms. The Labute approximate surface area is 156 Å². The Hall–Kier alpha value is -3.42. The second-order valence-electron chi connectivity index (χ2n) is 5.85. The van der Waals surface area contributed by atoms with Gasteiger partial charge in [0.1, 0.15) is 5.82 Å². The zero-order chi connectivity index (χ0) is 19.6. The topological polar surface area (TPSA) is 99.3 Å². The van der Waals surface area contributed by atoms with Crippen molar-refractivity contribution in [2.75, 3.05) is 13.1 Å². The Kier molecular flexibility index (Phi) is 7.30. The zero-order valence-electron chi connectivity index (χ0n) is 14.8. The van der Waals surface area contributed by atoms with Crippen LogP contribution in [-0.2, 0) is 11.2 Å². The molecular weight excluding hydrogens is 351 g/mol. The van der Waals surface area contributed by atoms with Crippen LogP contribution in [0.4, 0.5) is 9.18 Å². The van der Waals surface area contributed by atoms with Crippen LogP contribution in [0.5, 0.6) is 0 Å². The smallest absolute Gasteiger partial charge is 0.333 e. The van der Waals surface area contributed by atoms with Gasteiger partial charge in [-0.25, -0.2) is 14.6 Å². The minimum Gasteiger partial charge on any atom is -0.350 e. The highest BCUT2D eigenvalue weighted by atomic mass is 19.1. The van der Waals surface area contributed by atoms with Crippen molar-refractivity contribution in [2.45, 2.75) is 13.3 Å². The SMILES string of the molecule is Cc1ccc(C(=O)NCCNC(=O)NNC(=O)Cc2ccc(F)cc2)cc1. The molecule has 2 rings (SSSR count). The van der Waals surface area contributed by atoms with Crippen molar-refractivity contribution >= 4 is 17.8 Å². The fourth-order valence-electron chi connectivity index (χ4n) is 2.16. The lowest BCUT2D eigenvalue weighted by molar-refractivity contribution is -0.121. The number of aryl methyl sites for hydroxylation is 1. The molecule has 4 amide bonds. The molecule has 0 bridgehead atoms. The third-order valence-corrected chi connectivity index (χ3v) is 3.60. The summed E-state index contributed by atoms with van der Waals surface area (Å²) in [6.45, 7) is 2.36. The highest BCUT2D eigenvalue weighted by molar-refractivity contribution is 5.94. The largest absolute Gasteiger partial charge is 0.350 e. The number of urea groups is 1. The molecule has 2 aromatic rings. The van der Waals surface area contributed by atoms with Gasteiger partial charge in [-0.3, -0.25) is 15.0 Å². The maximum absolute atomic E-state index is 12.8. The first-order chi connectivity index (χ1) is 12.9. The van der Waals surface area contributed by atoms with E-state index in [9.17, 15) is 18.8 Å². The third kappa shape index (κ3) is 7.15. The van der Waals surface area contributed by atoms with Gasteiger partial charge in [0.25, 0.3) is 5.91 Å². The molecule has 0 aliphatic carbocycles. The lowest BCUT2D eigenvalue weighted by Crippen LogP contribution is -2.48. The minimum absolute atomic E-state index is 0.00711. The van der Waals surface area contributed by atoms with E-state index >= 15 is 0 Å². The summed E-state index contributed by atoms with van der Waals surface area (Å²) in [4.78, 5) is 35.2. The maximum atomic E-state index is 12.8. The van der Waals surface area contributed by atoms with E-state index in [1.54, 1.807) is 12.1 Å². The van der Waals surface area contributed by atoms with Gasteiger partial charge in [0.05, 0.1) is 6.42 Å². The molecule has 0 spiro atoms. The van der Waals surface area contributed by atoms with Crippen LogP contribution in [0, 0.1) is 12.7 Å². The molecule has 0 unspecified atom stereocenters. The quantitative estimate of drug-likeness (QED) is 0.456. The average molecular weight is 372 g/mol. The van der Waals surface area contributed by atoms with Gasteiger partial charge in [0, 0.05) is 18.7 Å². The highest BCUT2D eigenvalue weighted by Gasteiger charge is 2.07. The van der Waals surface area contributed by atoms with E-state index in [2.05, 4.69) is 21.5 Å². The third-order valence-electron chi connectivity index (χ3n) is 3.60. The van der Waals surface area contributed by atoms with Crippen LogP contribution in [0.15, 0.2) is 48.5 Å². The number of carbonyl (C=O) groups is 3. The molecule has 0 heterocycles. The van der Waals surface area contributed by atoms with Crippen LogP contribution in [0.2, 0.25) is 0 Å². The molecule has 0 atom stereocenters. The first kappa shape index (κ1) is 19.9. The van der Waals surface area contributed by atoms with E-state index < -0.39 is 11.9 Å². The number of benzene rings is 2. The van der Waals surface area contributed by atoms with Crippen molar-refractivity contribution in [1.29, 1.82) is 0 Å². The molecule has 0 saturated heterocycles. The number of hydrogen-bond acceptors (Lipinski definition) is 3. The Morgan fingerprint density at radius 2 is 1.48 bits per heavy atom.